The van der Waals surface area contributed by atoms with Gasteiger partial charge >= 0.3 is 0 Å². The van der Waals surface area contributed by atoms with E-state index < -0.39 is 0 Å². The summed E-state index contributed by atoms with van der Waals surface area (Å²) >= 11 is 3.34. The van der Waals surface area contributed by atoms with Crippen molar-refractivity contribution in [1.82, 2.24) is 4.57 Å². The molecule has 4 heteroatoms. The van der Waals surface area contributed by atoms with Crippen molar-refractivity contribution in [2.75, 3.05) is 0 Å². The summed E-state index contributed by atoms with van der Waals surface area (Å²) in [7, 11) is 0. The molecule has 0 saturated carbocycles. The average Bonchev–Trinajstić information content (AvgIpc) is 2.35. The quantitative estimate of drug-likeness (QED) is 0.818. The van der Waals surface area contributed by atoms with E-state index in [1.54, 1.807) is 37.4 Å². The lowest BCUT2D eigenvalue weighted by Crippen LogP contribution is -2.25. The van der Waals surface area contributed by atoms with Crippen molar-refractivity contribution in [3.63, 3.8) is 0 Å². The molecule has 0 unspecified atom stereocenters. The van der Waals surface area contributed by atoms with E-state index >= 15 is 0 Å². The number of carbonyl (C=O) groups is 1. The SMILES string of the molecule is Cc1cccn(CC(=O)c2ccccc2Br)c1=O. The Morgan fingerprint density at radius 3 is 2.67 bits per heavy atom. The zero-order valence-corrected chi connectivity index (χ0v) is 11.5. The van der Waals surface area contributed by atoms with Gasteiger partial charge in [-0.3, -0.25) is 9.59 Å². The monoisotopic (exact) mass is 305 g/mol. The van der Waals surface area contributed by atoms with E-state index in [0.29, 0.717) is 11.1 Å². The Hall–Kier alpha value is -1.68. The van der Waals surface area contributed by atoms with Crippen LogP contribution in [0.4, 0.5) is 0 Å². The summed E-state index contributed by atoms with van der Waals surface area (Å²) in [6.45, 7) is 1.80. The molecule has 1 aromatic carbocycles. The minimum absolute atomic E-state index is 0.0587. The Labute approximate surface area is 113 Å². The number of hydrogen-bond acceptors (Lipinski definition) is 2. The van der Waals surface area contributed by atoms with Gasteiger partial charge in [0.15, 0.2) is 5.78 Å². The van der Waals surface area contributed by atoms with Crippen LogP contribution in [0.25, 0.3) is 0 Å². The third-order valence-electron chi connectivity index (χ3n) is 2.70. The molecule has 0 aliphatic carbocycles. The molecular weight excluding hydrogens is 294 g/mol. The molecular formula is C14H12BrNO2. The van der Waals surface area contributed by atoms with Crippen LogP contribution in [-0.4, -0.2) is 10.4 Å². The number of Topliss-reactive ketones (excluding diaryl/α,β-unsaturated/α-hetero) is 1. The summed E-state index contributed by atoms with van der Waals surface area (Å²) in [5.74, 6) is -0.0878. The van der Waals surface area contributed by atoms with Crippen LogP contribution in [0, 0.1) is 6.92 Å². The first-order valence-corrected chi connectivity index (χ1v) is 6.32. The van der Waals surface area contributed by atoms with Crippen LogP contribution in [0.2, 0.25) is 0 Å². The first-order valence-electron chi connectivity index (χ1n) is 5.53. The molecule has 92 valence electrons. The van der Waals surface area contributed by atoms with Crippen molar-refractivity contribution in [1.29, 1.82) is 0 Å². The molecule has 2 rings (SSSR count). The highest BCUT2D eigenvalue weighted by molar-refractivity contribution is 9.10. The second kappa shape index (κ2) is 5.31. The van der Waals surface area contributed by atoms with Gasteiger partial charge in [-0.15, -0.1) is 0 Å². The maximum atomic E-state index is 12.1. The van der Waals surface area contributed by atoms with E-state index in [0.717, 1.165) is 4.47 Å². The lowest BCUT2D eigenvalue weighted by Gasteiger charge is -2.07. The van der Waals surface area contributed by atoms with Crippen molar-refractivity contribution < 1.29 is 4.79 Å². The third kappa shape index (κ3) is 2.59. The molecule has 0 N–H and O–H groups in total. The summed E-state index contributed by atoms with van der Waals surface area (Å²) in [5, 5.41) is 0. The maximum Gasteiger partial charge on any atom is 0.253 e. The fraction of sp³-hybridized carbons (Fsp3) is 0.143. The molecule has 0 fully saturated rings. The summed E-state index contributed by atoms with van der Waals surface area (Å²) in [4.78, 5) is 23.9. The van der Waals surface area contributed by atoms with Gasteiger partial charge in [0.25, 0.3) is 5.56 Å². The molecule has 0 aliphatic heterocycles. The second-order valence-electron chi connectivity index (χ2n) is 4.03. The van der Waals surface area contributed by atoms with Crippen molar-refractivity contribution in [3.05, 3.63) is 68.5 Å². The van der Waals surface area contributed by atoms with Gasteiger partial charge in [-0.05, 0) is 19.1 Å². The standard InChI is InChI=1S/C14H12BrNO2/c1-10-5-4-8-16(14(10)18)9-13(17)11-6-2-3-7-12(11)15/h2-8H,9H2,1H3. The van der Waals surface area contributed by atoms with Gasteiger partial charge in [-0.2, -0.15) is 0 Å². The normalized spacial score (nSPS) is 10.3. The molecule has 0 spiro atoms. The average molecular weight is 306 g/mol. The Kier molecular flexibility index (Phi) is 3.77. The number of aryl methyl sites for hydroxylation is 1. The third-order valence-corrected chi connectivity index (χ3v) is 3.39. The van der Waals surface area contributed by atoms with Gasteiger partial charge in [0.2, 0.25) is 0 Å². The number of halogens is 1. The molecule has 0 aliphatic rings. The molecule has 0 saturated heterocycles. The maximum absolute atomic E-state index is 12.1. The highest BCUT2D eigenvalue weighted by Gasteiger charge is 2.11. The van der Waals surface area contributed by atoms with Crippen LogP contribution in [0.5, 0.6) is 0 Å². The lowest BCUT2D eigenvalue weighted by atomic mass is 10.1. The summed E-state index contributed by atoms with van der Waals surface area (Å²) in [6.07, 6.45) is 1.63. The van der Waals surface area contributed by atoms with Gasteiger partial charge in [0.1, 0.15) is 0 Å². The van der Waals surface area contributed by atoms with Gasteiger partial charge in [-0.25, -0.2) is 0 Å². The number of hydrogen-bond donors (Lipinski definition) is 0. The number of ketones is 1. The number of carbonyl (C=O) groups excluding carboxylic acids is 1. The zero-order chi connectivity index (χ0) is 13.1. The van der Waals surface area contributed by atoms with Crippen molar-refractivity contribution >= 4 is 21.7 Å². The Balaban J connectivity index is 2.30. The number of benzene rings is 1. The van der Waals surface area contributed by atoms with Crippen LogP contribution < -0.4 is 5.56 Å². The van der Waals surface area contributed by atoms with Crippen LogP contribution in [-0.2, 0) is 6.54 Å². The molecule has 1 aromatic heterocycles. The Bertz CT molecular complexity index is 646. The van der Waals surface area contributed by atoms with Crippen LogP contribution in [0.15, 0.2) is 51.9 Å². The van der Waals surface area contributed by atoms with E-state index in [9.17, 15) is 9.59 Å². The summed E-state index contributed by atoms with van der Waals surface area (Å²) in [6, 6.07) is 10.7. The highest BCUT2D eigenvalue weighted by atomic mass is 79.9. The zero-order valence-electron chi connectivity index (χ0n) is 9.89. The van der Waals surface area contributed by atoms with E-state index in [1.165, 1.54) is 4.57 Å². The summed E-state index contributed by atoms with van der Waals surface area (Å²) in [5.41, 5.74) is 1.10. The molecule has 2 aromatic rings. The predicted molar refractivity (Wildman–Crippen MR) is 73.9 cm³/mol. The van der Waals surface area contributed by atoms with E-state index in [4.69, 9.17) is 0 Å². The van der Waals surface area contributed by atoms with Crippen LogP contribution in [0.3, 0.4) is 0 Å². The van der Waals surface area contributed by atoms with Crippen molar-refractivity contribution in [3.8, 4) is 0 Å². The number of rotatable bonds is 3. The van der Waals surface area contributed by atoms with Gasteiger partial charge in [0.05, 0.1) is 6.54 Å². The minimum atomic E-state index is -0.127. The fourth-order valence-corrected chi connectivity index (χ4v) is 2.21. The van der Waals surface area contributed by atoms with Crippen LogP contribution in [0.1, 0.15) is 15.9 Å². The van der Waals surface area contributed by atoms with E-state index in [-0.39, 0.29) is 17.9 Å². The summed E-state index contributed by atoms with van der Waals surface area (Å²) < 4.78 is 2.17. The van der Waals surface area contributed by atoms with Crippen LogP contribution >= 0.6 is 15.9 Å². The van der Waals surface area contributed by atoms with E-state index in [2.05, 4.69) is 15.9 Å². The first-order chi connectivity index (χ1) is 8.59. The van der Waals surface area contributed by atoms with Crippen molar-refractivity contribution in [2.24, 2.45) is 0 Å². The second-order valence-corrected chi connectivity index (χ2v) is 4.88. The molecule has 3 nitrogen and oxygen atoms in total. The highest BCUT2D eigenvalue weighted by Crippen LogP contribution is 2.16. The molecule has 1 heterocycles. The lowest BCUT2D eigenvalue weighted by molar-refractivity contribution is 0.0970. The van der Waals surface area contributed by atoms with Crippen molar-refractivity contribution in [2.45, 2.75) is 13.5 Å². The minimum Gasteiger partial charge on any atom is -0.308 e. The molecule has 0 atom stereocenters. The van der Waals surface area contributed by atoms with Gasteiger partial charge in [0, 0.05) is 21.8 Å². The molecule has 0 amide bonds. The fourth-order valence-electron chi connectivity index (χ4n) is 1.71. The Morgan fingerprint density at radius 2 is 1.94 bits per heavy atom. The first kappa shape index (κ1) is 12.8. The number of nitrogens with zero attached hydrogens (tertiary/aromatic N) is 1. The van der Waals surface area contributed by atoms with Gasteiger partial charge < -0.3 is 4.57 Å². The number of aromatic nitrogens is 1. The number of pyridine rings is 1. The molecule has 0 bridgehead atoms. The Morgan fingerprint density at radius 1 is 1.22 bits per heavy atom. The molecule has 18 heavy (non-hydrogen) atoms. The molecule has 0 radical (unpaired) electrons. The largest absolute Gasteiger partial charge is 0.308 e. The predicted octanol–water partition coefficient (Wildman–Crippen LogP) is 2.80. The van der Waals surface area contributed by atoms with Gasteiger partial charge in [-0.1, -0.05) is 40.2 Å². The topological polar surface area (TPSA) is 39.1 Å². The smallest absolute Gasteiger partial charge is 0.253 e. The van der Waals surface area contributed by atoms with E-state index in [1.807, 2.05) is 12.1 Å².